The molecule has 0 saturated heterocycles. The van der Waals surface area contributed by atoms with Gasteiger partial charge in [0.05, 0.1) is 0 Å². The molecule has 2 aromatic carbocycles. The Balaban J connectivity index is 1.85. The molecule has 0 radical (unpaired) electrons. The summed E-state index contributed by atoms with van der Waals surface area (Å²) in [6, 6.07) is 16.2. The van der Waals surface area contributed by atoms with E-state index in [0.29, 0.717) is 0 Å². The zero-order chi connectivity index (χ0) is 16.1. The minimum atomic E-state index is -0.257. The van der Waals surface area contributed by atoms with Gasteiger partial charge in [0.1, 0.15) is 11.6 Å². The summed E-state index contributed by atoms with van der Waals surface area (Å²) in [5.74, 6) is -0.257. The first kappa shape index (κ1) is 15.3. The number of fused-ring (bicyclic) bond motifs is 1. The summed E-state index contributed by atoms with van der Waals surface area (Å²) in [5, 5.41) is 14.5. The van der Waals surface area contributed by atoms with Gasteiger partial charge in [0.2, 0.25) is 0 Å². The molecular formula is C20H20N2O. The fourth-order valence-electron chi connectivity index (χ4n) is 3.19. The van der Waals surface area contributed by atoms with Crippen LogP contribution in [0.4, 0.5) is 0 Å². The summed E-state index contributed by atoms with van der Waals surface area (Å²) in [4.78, 5) is 12.4. The minimum Gasteiger partial charge on any atom is -0.349 e. The summed E-state index contributed by atoms with van der Waals surface area (Å²) < 4.78 is 0. The number of carbonyl (C=O) groups excluding carboxylic acids is 1. The van der Waals surface area contributed by atoms with E-state index in [1.54, 1.807) is 6.08 Å². The van der Waals surface area contributed by atoms with Gasteiger partial charge in [-0.15, -0.1) is 0 Å². The highest BCUT2D eigenvalue weighted by Gasteiger charge is 2.18. The number of nitrogens with zero attached hydrogens (tertiary/aromatic N) is 1. The van der Waals surface area contributed by atoms with Crippen molar-refractivity contribution >= 4 is 22.8 Å². The van der Waals surface area contributed by atoms with Gasteiger partial charge in [-0.1, -0.05) is 61.7 Å². The summed E-state index contributed by atoms with van der Waals surface area (Å²) in [6.45, 7) is 0. The quantitative estimate of drug-likeness (QED) is 0.682. The van der Waals surface area contributed by atoms with E-state index in [-0.39, 0.29) is 17.5 Å². The van der Waals surface area contributed by atoms with Crippen LogP contribution in [-0.2, 0) is 4.79 Å². The molecule has 23 heavy (non-hydrogen) atoms. The van der Waals surface area contributed by atoms with Crippen LogP contribution in [0, 0.1) is 11.3 Å². The lowest BCUT2D eigenvalue weighted by Crippen LogP contribution is -2.36. The van der Waals surface area contributed by atoms with Gasteiger partial charge >= 0.3 is 0 Å². The highest BCUT2D eigenvalue weighted by molar-refractivity contribution is 6.04. The van der Waals surface area contributed by atoms with Crippen molar-refractivity contribution in [3.63, 3.8) is 0 Å². The molecule has 2 aromatic rings. The van der Waals surface area contributed by atoms with Crippen LogP contribution < -0.4 is 5.32 Å². The number of carbonyl (C=O) groups is 1. The maximum Gasteiger partial charge on any atom is 0.262 e. The van der Waals surface area contributed by atoms with Crippen molar-refractivity contribution in [1.29, 1.82) is 5.26 Å². The van der Waals surface area contributed by atoms with Crippen LogP contribution in [-0.4, -0.2) is 11.9 Å². The third-order valence-corrected chi connectivity index (χ3v) is 4.43. The number of amides is 1. The second-order valence-electron chi connectivity index (χ2n) is 6.05. The van der Waals surface area contributed by atoms with Crippen LogP contribution in [0.2, 0.25) is 0 Å². The van der Waals surface area contributed by atoms with E-state index < -0.39 is 0 Å². The lowest BCUT2D eigenvalue weighted by molar-refractivity contribution is -0.117. The fraction of sp³-hybridized carbons (Fsp3) is 0.300. The molecule has 1 saturated carbocycles. The summed E-state index contributed by atoms with van der Waals surface area (Å²) >= 11 is 0. The van der Waals surface area contributed by atoms with Crippen LogP contribution in [0.15, 0.2) is 48.0 Å². The topological polar surface area (TPSA) is 52.9 Å². The van der Waals surface area contributed by atoms with Crippen molar-refractivity contribution < 1.29 is 4.79 Å². The molecule has 3 heteroatoms. The molecule has 1 aliphatic rings. The highest BCUT2D eigenvalue weighted by atomic mass is 16.1. The number of hydrogen-bond donors (Lipinski definition) is 1. The number of benzene rings is 2. The third-order valence-electron chi connectivity index (χ3n) is 4.43. The van der Waals surface area contributed by atoms with E-state index in [1.807, 2.05) is 42.5 Å². The van der Waals surface area contributed by atoms with Crippen LogP contribution in [0.5, 0.6) is 0 Å². The Hall–Kier alpha value is -2.60. The lowest BCUT2D eigenvalue weighted by atomic mass is 9.95. The number of hydrogen-bond acceptors (Lipinski definition) is 2. The molecule has 0 aromatic heterocycles. The van der Waals surface area contributed by atoms with Gasteiger partial charge in [-0.05, 0) is 35.3 Å². The first-order chi connectivity index (χ1) is 11.3. The molecule has 3 rings (SSSR count). The minimum absolute atomic E-state index is 0.173. The van der Waals surface area contributed by atoms with Crippen LogP contribution >= 0.6 is 0 Å². The number of nitriles is 1. The van der Waals surface area contributed by atoms with Crippen molar-refractivity contribution in [3.8, 4) is 6.07 Å². The fourth-order valence-corrected chi connectivity index (χ4v) is 3.19. The van der Waals surface area contributed by atoms with E-state index in [4.69, 9.17) is 0 Å². The van der Waals surface area contributed by atoms with Gasteiger partial charge in [0.15, 0.2) is 0 Å². The maximum atomic E-state index is 12.4. The molecule has 1 amide bonds. The molecule has 0 aliphatic heterocycles. The molecule has 0 heterocycles. The average molecular weight is 304 g/mol. The van der Waals surface area contributed by atoms with E-state index in [2.05, 4.69) is 11.4 Å². The predicted molar refractivity (Wildman–Crippen MR) is 92.6 cm³/mol. The van der Waals surface area contributed by atoms with E-state index in [0.717, 1.165) is 42.0 Å². The SMILES string of the molecule is N#C/C(=C/c1cccc2ccccc12)C(=O)NC1CCCCC1. The van der Waals surface area contributed by atoms with Crippen molar-refractivity contribution in [2.24, 2.45) is 0 Å². The molecule has 1 aliphatic carbocycles. The molecular weight excluding hydrogens is 284 g/mol. The number of nitrogens with one attached hydrogen (secondary N) is 1. The Morgan fingerprint density at radius 3 is 2.61 bits per heavy atom. The molecule has 0 atom stereocenters. The second kappa shape index (κ2) is 7.11. The average Bonchev–Trinajstić information content (AvgIpc) is 2.60. The first-order valence-corrected chi connectivity index (χ1v) is 8.18. The second-order valence-corrected chi connectivity index (χ2v) is 6.05. The van der Waals surface area contributed by atoms with E-state index in [9.17, 15) is 10.1 Å². The van der Waals surface area contributed by atoms with Crippen LogP contribution in [0.3, 0.4) is 0 Å². The molecule has 0 bridgehead atoms. The van der Waals surface area contributed by atoms with Crippen LogP contribution in [0.25, 0.3) is 16.8 Å². The molecule has 116 valence electrons. The summed E-state index contributed by atoms with van der Waals surface area (Å²) in [5.41, 5.74) is 1.07. The Morgan fingerprint density at radius 2 is 1.83 bits per heavy atom. The summed E-state index contributed by atoms with van der Waals surface area (Å²) in [6.07, 6.45) is 7.26. The molecule has 0 unspecified atom stereocenters. The maximum absolute atomic E-state index is 12.4. The number of rotatable bonds is 3. The zero-order valence-corrected chi connectivity index (χ0v) is 13.1. The molecule has 3 nitrogen and oxygen atoms in total. The molecule has 0 spiro atoms. The normalized spacial score (nSPS) is 16.0. The zero-order valence-electron chi connectivity index (χ0n) is 13.1. The first-order valence-electron chi connectivity index (χ1n) is 8.18. The largest absolute Gasteiger partial charge is 0.349 e. The van der Waals surface area contributed by atoms with Crippen molar-refractivity contribution in [1.82, 2.24) is 5.32 Å². The van der Waals surface area contributed by atoms with Gasteiger partial charge in [0.25, 0.3) is 5.91 Å². The Labute approximate surface area is 136 Å². The molecule has 1 fully saturated rings. The third kappa shape index (κ3) is 3.60. The Kier molecular flexibility index (Phi) is 4.73. The van der Waals surface area contributed by atoms with Crippen molar-refractivity contribution in [2.45, 2.75) is 38.1 Å². The Morgan fingerprint density at radius 1 is 1.09 bits per heavy atom. The van der Waals surface area contributed by atoms with E-state index in [1.165, 1.54) is 6.42 Å². The molecule has 1 N–H and O–H groups in total. The summed E-state index contributed by atoms with van der Waals surface area (Å²) in [7, 11) is 0. The highest BCUT2D eigenvalue weighted by Crippen LogP contribution is 2.21. The van der Waals surface area contributed by atoms with Gasteiger partial charge in [-0.3, -0.25) is 4.79 Å². The van der Waals surface area contributed by atoms with Gasteiger partial charge in [0, 0.05) is 6.04 Å². The van der Waals surface area contributed by atoms with Crippen molar-refractivity contribution in [2.75, 3.05) is 0 Å². The smallest absolute Gasteiger partial charge is 0.262 e. The Bertz CT molecular complexity index is 774. The van der Waals surface area contributed by atoms with Crippen LogP contribution in [0.1, 0.15) is 37.7 Å². The van der Waals surface area contributed by atoms with Gasteiger partial charge < -0.3 is 5.32 Å². The lowest BCUT2D eigenvalue weighted by Gasteiger charge is -2.22. The standard InChI is InChI=1S/C20H20N2O/c21-14-17(20(23)22-18-10-2-1-3-11-18)13-16-9-6-8-15-7-4-5-12-19(15)16/h4-9,12-13,18H,1-3,10-11H2,(H,22,23)/b17-13-. The van der Waals surface area contributed by atoms with E-state index >= 15 is 0 Å². The van der Waals surface area contributed by atoms with Gasteiger partial charge in [-0.2, -0.15) is 5.26 Å². The predicted octanol–water partition coefficient (Wildman–Crippen LogP) is 4.20. The van der Waals surface area contributed by atoms with Crippen molar-refractivity contribution in [3.05, 3.63) is 53.6 Å². The monoisotopic (exact) mass is 304 g/mol. The van der Waals surface area contributed by atoms with Gasteiger partial charge in [-0.25, -0.2) is 0 Å².